The average Bonchev–Trinajstić information content (AvgIpc) is 2.93. The summed E-state index contributed by atoms with van der Waals surface area (Å²) in [7, 11) is 6.37. The highest BCUT2D eigenvalue weighted by Gasteiger charge is 2.40. The lowest BCUT2D eigenvalue weighted by Gasteiger charge is -2.37. The van der Waals surface area contributed by atoms with Gasteiger partial charge in [0.15, 0.2) is 0 Å². The van der Waals surface area contributed by atoms with E-state index < -0.39 is 11.9 Å². The molecule has 7 heteroatoms. The SMILES string of the molecule is CCCCCCCCC(C)C(OCC)(OCC)OCC.CCCCCCCCC(OC)C(OC)(OC)OC. The van der Waals surface area contributed by atoms with Crippen LogP contribution in [0.4, 0.5) is 0 Å². The minimum Gasteiger partial charge on any atom is -0.373 e. The molecule has 0 N–H and O–H groups in total. The number of hydrogen-bond acceptors (Lipinski definition) is 7. The fourth-order valence-electron chi connectivity index (χ4n) is 4.76. The van der Waals surface area contributed by atoms with E-state index in [1.165, 1.54) is 70.6 Å². The van der Waals surface area contributed by atoms with Crippen LogP contribution in [0.25, 0.3) is 0 Å². The molecule has 0 rings (SSSR count). The summed E-state index contributed by atoms with van der Waals surface area (Å²) in [4.78, 5) is 0. The number of hydrogen-bond donors (Lipinski definition) is 0. The molecule has 0 radical (unpaired) electrons. The van der Waals surface area contributed by atoms with E-state index in [1.54, 1.807) is 28.4 Å². The predicted octanol–water partition coefficient (Wildman–Crippen LogP) is 8.48. The highest BCUT2D eigenvalue weighted by Crippen LogP contribution is 2.30. The zero-order chi connectivity index (χ0) is 29.1. The van der Waals surface area contributed by atoms with E-state index >= 15 is 0 Å². The molecule has 0 fully saturated rings. The molecule has 0 aromatic carbocycles. The van der Waals surface area contributed by atoms with E-state index in [1.807, 2.05) is 20.8 Å². The maximum atomic E-state index is 5.82. The van der Waals surface area contributed by atoms with Gasteiger partial charge in [-0.1, -0.05) is 97.8 Å². The molecule has 0 aromatic rings. The third-order valence-corrected chi connectivity index (χ3v) is 6.98. The first-order valence-corrected chi connectivity index (χ1v) is 15.5. The molecule has 2 unspecified atom stereocenters. The minimum absolute atomic E-state index is 0.205. The fraction of sp³-hybridized carbons (Fsp3) is 1.00. The van der Waals surface area contributed by atoms with Crippen molar-refractivity contribution < 1.29 is 33.2 Å². The van der Waals surface area contributed by atoms with Crippen molar-refractivity contribution in [2.75, 3.05) is 48.3 Å². The lowest BCUT2D eigenvalue weighted by molar-refractivity contribution is -0.400. The molecule has 0 bridgehead atoms. The van der Waals surface area contributed by atoms with E-state index in [4.69, 9.17) is 33.2 Å². The van der Waals surface area contributed by atoms with Crippen LogP contribution >= 0.6 is 0 Å². The molecule has 0 heterocycles. The molecular formula is C31H66O7. The Morgan fingerprint density at radius 1 is 0.474 bits per heavy atom. The van der Waals surface area contributed by atoms with Crippen molar-refractivity contribution >= 4 is 0 Å². The molecule has 38 heavy (non-hydrogen) atoms. The second-order valence-corrected chi connectivity index (χ2v) is 9.86. The second-order valence-electron chi connectivity index (χ2n) is 9.86. The third kappa shape index (κ3) is 16.7. The summed E-state index contributed by atoms with van der Waals surface area (Å²) in [6.07, 6.45) is 17.2. The van der Waals surface area contributed by atoms with Crippen LogP contribution in [0.2, 0.25) is 0 Å². The standard InChI is InChI=1S/C17H36O3.C14H30O4/c1-6-10-11-12-13-14-15-16(5)17(18-7-2,19-8-3)20-9-4;1-6-7-8-9-10-11-12-13(15-2)14(16-3,17-4)18-5/h16H,6-15H2,1-5H3;13H,6-12H2,1-5H3. The normalized spacial score (nSPS) is 13.7. The van der Waals surface area contributed by atoms with E-state index in [-0.39, 0.29) is 12.0 Å². The van der Waals surface area contributed by atoms with Gasteiger partial charge in [0.25, 0.3) is 5.97 Å². The highest BCUT2D eigenvalue weighted by atomic mass is 16.9. The van der Waals surface area contributed by atoms with Gasteiger partial charge in [0.05, 0.1) is 0 Å². The Morgan fingerprint density at radius 3 is 1.18 bits per heavy atom. The zero-order valence-electron chi connectivity index (χ0n) is 27.0. The van der Waals surface area contributed by atoms with Gasteiger partial charge in [-0.2, -0.15) is 0 Å². The minimum atomic E-state index is -1.09. The van der Waals surface area contributed by atoms with E-state index in [2.05, 4.69) is 20.8 Å². The van der Waals surface area contributed by atoms with Crippen molar-refractivity contribution in [3.05, 3.63) is 0 Å². The third-order valence-electron chi connectivity index (χ3n) is 6.98. The lowest BCUT2D eigenvalue weighted by Crippen LogP contribution is -2.48. The van der Waals surface area contributed by atoms with Crippen molar-refractivity contribution in [2.24, 2.45) is 5.92 Å². The van der Waals surface area contributed by atoms with Crippen LogP contribution in [-0.2, 0) is 33.2 Å². The zero-order valence-corrected chi connectivity index (χ0v) is 27.0. The molecule has 0 aliphatic carbocycles. The topological polar surface area (TPSA) is 64.6 Å². The molecule has 232 valence electrons. The van der Waals surface area contributed by atoms with Crippen molar-refractivity contribution in [2.45, 2.75) is 149 Å². The summed E-state index contributed by atoms with van der Waals surface area (Å²) < 4.78 is 38.9. The maximum absolute atomic E-state index is 5.82. The van der Waals surface area contributed by atoms with Crippen LogP contribution < -0.4 is 0 Å². The summed E-state index contributed by atoms with van der Waals surface area (Å²) in [5.41, 5.74) is 0. The van der Waals surface area contributed by atoms with Crippen LogP contribution in [-0.4, -0.2) is 66.3 Å². The number of rotatable bonds is 26. The van der Waals surface area contributed by atoms with Gasteiger partial charge < -0.3 is 33.2 Å². The number of methoxy groups -OCH3 is 4. The molecule has 0 aliphatic rings. The summed E-state index contributed by atoms with van der Waals surface area (Å²) in [5, 5.41) is 0. The first kappa shape index (κ1) is 39.9. The van der Waals surface area contributed by atoms with Crippen molar-refractivity contribution in [1.82, 2.24) is 0 Å². The van der Waals surface area contributed by atoms with Crippen LogP contribution in [0.15, 0.2) is 0 Å². The van der Waals surface area contributed by atoms with Crippen LogP contribution in [0, 0.1) is 5.92 Å². The van der Waals surface area contributed by atoms with E-state index in [0.29, 0.717) is 19.8 Å². The largest absolute Gasteiger partial charge is 0.373 e. The van der Waals surface area contributed by atoms with Gasteiger partial charge in [-0.15, -0.1) is 0 Å². The maximum Gasteiger partial charge on any atom is 0.310 e. The molecule has 0 aromatic heterocycles. The van der Waals surface area contributed by atoms with E-state index in [9.17, 15) is 0 Å². The summed E-state index contributed by atoms with van der Waals surface area (Å²) in [5.74, 6) is -1.67. The van der Waals surface area contributed by atoms with Gasteiger partial charge in [0, 0.05) is 54.2 Å². The number of unbranched alkanes of at least 4 members (excludes halogenated alkanes) is 10. The van der Waals surface area contributed by atoms with Crippen LogP contribution in [0.3, 0.4) is 0 Å². The van der Waals surface area contributed by atoms with Crippen molar-refractivity contribution in [3.63, 3.8) is 0 Å². The molecular weight excluding hydrogens is 484 g/mol. The molecule has 7 nitrogen and oxygen atoms in total. The Labute approximate surface area is 236 Å². The van der Waals surface area contributed by atoms with Gasteiger partial charge in [-0.25, -0.2) is 0 Å². The number of ether oxygens (including phenoxy) is 7. The van der Waals surface area contributed by atoms with Crippen molar-refractivity contribution in [3.8, 4) is 0 Å². The molecule has 0 saturated heterocycles. The Morgan fingerprint density at radius 2 is 0.842 bits per heavy atom. The molecule has 2 atom stereocenters. The molecule has 0 aliphatic heterocycles. The average molecular weight is 551 g/mol. The van der Waals surface area contributed by atoms with Crippen molar-refractivity contribution in [1.29, 1.82) is 0 Å². The Bertz CT molecular complexity index is 446. The smallest absolute Gasteiger partial charge is 0.310 e. The monoisotopic (exact) mass is 550 g/mol. The Hall–Kier alpha value is -0.280. The van der Waals surface area contributed by atoms with Gasteiger partial charge in [0.2, 0.25) is 0 Å². The Kier molecular flexibility index (Phi) is 28.2. The second kappa shape index (κ2) is 26.9. The first-order valence-electron chi connectivity index (χ1n) is 15.5. The fourth-order valence-corrected chi connectivity index (χ4v) is 4.76. The lowest BCUT2D eigenvalue weighted by atomic mass is 9.99. The summed E-state index contributed by atoms with van der Waals surface area (Å²) >= 11 is 0. The summed E-state index contributed by atoms with van der Waals surface area (Å²) in [6.45, 7) is 14.5. The van der Waals surface area contributed by atoms with E-state index in [0.717, 1.165) is 19.3 Å². The predicted molar refractivity (Wildman–Crippen MR) is 157 cm³/mol. The Balaban J connectivity index is 0. The van der Waals surface area contributed by atoms with Gasteiger partial charge in [0.1, 0.15) is 6.10 Å². The molecule has 0 spiro atoms. The molecule has 0 amide bonds. The van der Waals surface area contributed by atoms with Gasteiger partial charge in [-0.3, -0.25) is 0 Å². The van der Waals surface area contributed by atoms with Crippen LogP contribution in [0.1, 0.15) is 131 Å². The molecule has 0 saturated carbocycles. The van der Waals surface area contributed by atoms with Crippen LogP contribution in [0.5, 0.6) is 0 Å². The quantitative estimate of drug-likeness (QED) is 0.0790. The summed E-state index contributed by atoms with van der Waals surface area (Å²) in [6, 6.07) is 0. The van der Waals surface area contributed by atoms with Gasteiger partial charge in [-0.05, 0) is 33.6 Å². The first-order chi connectivity index (χ1) is 18.4. The van der Waals surface area contributed by atoms with Gasteiger partial charge >= 0.3 is 5.97 Å². The highest BCUT2D eigenvalue weighted by molar-refractivity contribution is 4.71.